The highest BCUT2D eigenvalue weighted by Crippen LogP contribution is 2.15. The molecule has 0 spiro atoms. The second-order valence-corrected chi connectivity index (χ2v) is 2.39. The van der Waals surface area contributed by atoms with Gasteiger partial charge in [0, 0.05) is 5.39 Å². The van der Waals surface area contributed by atoms with Gasteiger partial charge >= 0.3 is 1.43 Å². The second kappa shape index (κ2) is 2.23. The van der Waals surface area contributed by atoms with E-state index in [4.69, 9.17) is 5.11 Å². The van der Waals surface area contributed by atoms with Crippen molar-refractivity contribution in [3.05, 3.63) is 36.5 Å². The lowest BCUT2D eigenvalue weighted by Gasteiger charge is -1.95. The Bertz CT molecular complexity index is 389. The Hall–Kier alpha value is -1.57. The van der Waals surface area contributed by atoms with Gasteiger partial charge in [-0.15, -0.1) is 0 Å². The molecule has 1 N–H and O–H groups in total. The van der Waals surface area contributed by atoms with Crippen LogP contribution in [0, 0.1) is 0 Å². The summed E-state index contributed by atoms with van der Waals surface area (Å²) < 4.78 is 0. The highest BCUT2D eigenvalue weighted by atomic mass is 16.3. The molecule has 2 nitrogen and oxygen atoms in total. The lowest BCUT2D eigenvalue weighted by molar-refractivity contribution is 0.474. The van der Waals surface area contributed by atoms with Gasteiger partial charge in [0.15, 0.2) is 0 Å². The number of hydrogen-bond acceptors (Lipinski definition) is 2. The Morgan fingerprint density at radius 1 is 1.27 bits per heavy atom. The average Bonchev–Trinajstić information content (AvgIpc) is 2.04. The number of pyridine rings is 1. The molecule has 54 valence electrons. The molecule has 0 radical (unpaired) electrons. The molecule has 2 aromatic rings. The van der Waals surface area contributed by atoms with Crippen LogP contribution in [0.3, 0.4) is 0 Å². The minimum absolute atomic E-state index is 0. The van der Waals surface area contributed by atoms with Crippen molar-refractivity contribution in [1.29, 1.82) is 0 Å². The Kier molecular flexibility index (Phi) is 1.25. The van der Waals surface area contributed by atoms with Gasteiger partial charge in [-0.2, -0.15) is 0 Å². The monoisotopic (exact) mass is 146 g/mol. The van der Waals surface area contributed by atoms with E-state index < -0.39 is 0 Å². The van der Waals surface area contributed by atoms with E-state index in [0.717, 1.165) is 10.9 Å². The number of nitrogens with zero attached hydrogens (tertiary/aromatic N) is 1. The molecule has 0 unspecified atom stereocenters. The van der Waals surface area contributed by atoms with Crippen LogP contribution in [0.1, 0.15) is 1.43 Å². The molecule has 2 heteroatoms. The summed E-state index contributed by atoms with van der Waals surface area (Å²) in [4.78, 5) is 4.03. The third kappa shape index (κ3) is 1.03. The fourth-order valence-corrected chi connectivity index (χ4v) is 1.06. The van der Waals surface area contributed by atoms with Crippen molar-refractivity contribution in [2.45, 2.75) is 0 Å². The number of fused-ring (bicyclic) bond motifs is 1. The molecule has 1 heterocycles. The third-order valence-corrected chi connectivity index (χ3v) is 1.58. The van der Waals surface area contributed by atoms with Crippen LogP contribution < -0.4 is 0 Å². The minimum Gasteiger partial charge on any atom is -0.506 e. The van der Waals surface area contributed by atoms with Gasteiger partial charge in [0.1, 0.15) is 5.75 Å². The summed E-state index contributed by atoms with van der Waals surface area (Å²) in [6, 6.07) is 9.37. The maximum absolute atomic E-state index is 9.07. The molecule has 2 rings (SSSR count). The summed E-state index contributed by atoms with van der Waals surface area (Å²) in [5.74, 6) is 0.212. The van der Waals surface area contributed by atoms with Gasteiger partial charge in [-0.1, -0.05) is 18.2 Å². The third-order valence-electron chi connectivity index (χ3n) is 1.58. The number of rotatable bonds is 0. The molecule has 0 bridgehead atoms. The van der Waals surface area contributed by atoms with E-state index >= 15 is 0 Å². The quantitative estimate of drug-likeness (QED) is 0.617. The fraction of sp³-hybridized carbons (Fsp3) is 0. The van der Waals surface area contributed by atoms with Gasteiger partial charge in [0.05, 0.1) is 11.7 Å². The number of aromatic nitrogens is 1. The molecule has 0 saturated heterocycles. The van der Waals surface area contributed by atoms with E-state index in [9.17, 15) is 0 Å². The summed E-state index contributed by atoms with van der Waals surface area (Å²) >= 11 is 0. The molecule has 0 aliphatic heterocycles. The van der Waals surface area contributed by atoms with E-state index in [-0.39, 0.29) is 7.18 Å². The number of para-hydroxylation sites is 1. The van der Waals surface area contributed by atoms with Gasteiger partial charge in [-0.3, -0.25) is 4.98 Å². The van der Waals surface area contributed by atoms with Crippen molar-refractivity contribution in [3.63, 3.8) is 0 Å². The van der Waals surface area contributed by atoms with Crippen molar-refractivity contribution in [3.8, 4) is 5.75 Å². The highest BCUT2D eigenvalue weighted by Gasteiger charge is 1.92. The van der Waals surface area contributed by atoms with E-state index in [1.165, 1.54) is 6.20 Å². The van der Waals surface area contributed by atoms with Gasteiger partial charge in [-0.05, 0) is 12.1 Å². The molecular weight excluding hydrogens is 138 g/mol. The van der Waals surface area contributed by atoms with E-state index in [1.807, 2.05) is 24.3 Å². The van der Waals surface area contributed by atoms with Crippen molar-refractivity contribution >= 4 is 10.9 Å². The van der Waals surface area contributed by atoms with Crippen LogP contribution in [-0.4, -0.2) is 10.1 Å². The van der Waals surface area contributed by atoms with Crippen LogP contribution in [0.25, 0.3) is 10.9 Å². The molecule has 0 fully saturated rings. The van der Waals surface area contributed by atoms with Crippen molar-refractivity contribution in [2.75, 3.05) is 0 Å². The first-order chi connectivity index (χ1) is 5.36. The summed E-state index contributed by atoms with van der Waals surface area (Å²) in [7, 11) is 0. The molecule has 0 aliphatic rings. The zero-order valence-electron chi connectivity index (χ0n) is 6.86. The Labute approximate surface area is 65.6 Å². The normalized spacial score (nSPS) is 10.2. The molecule has 0 amide bonds. The summed E-state index contributed by atoms with van der Waals surface area (Å²) in [5, 5.41) is 10.0. The van der Waals surface area contributed by atoms with Crippen molar-refractivity contribution in [2.24, 2.45) is 0 Å². The summed E-state index contributed by atoms with van der Waals surface area (Å²) in [6.45, 7) is 0. The molecule has 0 saturated carbocycles. The Balaban J connectivity index is 0.000000720. The van der Waals surface area contributed by atoms with Crippen LogP contribution in [0.2, 0.25) is 0 Å². The van der Waals surface area contributed by atoms with Gasteiger partial charge in [0.25, 0.3) is 0 Å². The maximum atomic E-state index is 9.07. The number of aromatic hydroxyl groups is 1. The number of benzene rings is 1. The zero-order chi connectivity index (χ0) is 7.68. The first-order valence-corrected chi connectivity index (χ1v) is 3.40. The SMILES string of the molecule is Oc1cnc2ccccc2c1.[H+]. The van der Waals surface area contributed by atoms with Crippen LogP contribution in [0.15, 0.2) is 36.5 Å². The molecule has 1 aromatic heterocycles. The zero-order valence-corrected chi connectivity index (χ0v) is 5.86. The van der Waals surface area contributed by atoms with Gasteiger partial charge < -0.3 is 5.11 Å². The molecular formula is C9H8NO+. The van der Waals surface area contributed by atoms with Crippen LogP contribution in [-0.2, 0) is 0 Å². The molecule has 0 atom stereocenters. The predicted octanol–water partition coefficient (Wildman–Crippen LogP) is 2.05. The minimum atomic E-state index is 0. The second-order valence-electron chi connectivity index (χ2n) is 2.39. The molecule has 11 heavy (non-hydrogen) atoms. The van der Waals surface area contributed by atoms with E-state index in [1.54, 1.807) is 6.07 Å². The predicted molar refractivity (Wildman–Crippen MR) is 44.5 cm³/mol. The Morgan fingerprint density at radius 2 is 2.09 bits per heavy atom. The van der Waals surface area contributed by atoms with Gasteiger partial charge in [-0.25, -0.2) is 0 Å². The first-order valence-electron chi connectivity index (χ1n) is 3.40. The number of hydrogen-bond donors (Lipinski definition) is 1. The van der Waals surface area contributed by atoms with E-state index in [2.05, 4.69) is 4.98 Å². The topological polar surface area (TPSA) is 33.1 Å². The standard InChI is InChI=1S/C9H7NO/c11-8-5-7-3-1-2-4-9(7)10-6-8/h1-6,11H/p+1. The smallest absolute Gasteiger partial charge is 0.506 e. The highest BCUT2D eigenvalue weighted by molar-refractivity contribution is 5.79. The average molecular weight is 146 g/mol. The van der Waals surface area contributed by atoms with Gasteiger partial charge in [0.2, 0.25) is 0 Å². The summed E-state index contributed by atoms with van der Waals surface area (Å²) in [5.41, 5.74) is 0.908. The lowest BCUT2D eigenvalue weighted by Crippen LogP contribution is -1.75. The fourth-order valence-electron chi connectivity index (χ4n) is 1.06. The molecule has 1 aromatic carbocycles. The molecule has 0 aliphatic carbocycles. The van der Waals surface area contributed by atoms with Crippen molar-refractivity contribution < 1.29 is 6.53 Å². The largest absolute Gasteiger partial charge is 1.00 e. The van der Waals surface area contributed by atoms with Crippen molar-refractivity contribution in [1.82, 2.24) is 4.98 Å². The van der Waals surface area contributed by atoms with Crippen LogP contribution in [0.4, 0.5) is 0 Å². The summed E-state index contributed by atoms with van der Waals surface area (Å²) in [6.07, 6.45) is 1.45. The first kappa shape index (κ1) is 6.16. The van der Waals surface area contributed by atoms with Crippen LogP contribution in [0.5, 0.6) is 5.75 Å². The lowest BCUT2D eigenvalue weighted by atomic mass is 10.2. The van der Waals surface area contributed by atoms with Crippen LogP contribution >= 0.6 is 0 Å². The van der Waals surface area contributed by atoms with E-state index in [0.29, 0.717) is 0 Å². The maximum Gasteiger partial charge on any atom is 1.00 e. The Morgan fingerprint density at radius 3 is 3.00 bits per heavy atom.